The summed E-state index contributed by atoms with van der Waals surface area (Å²) in [5.41, 5.74) is 1.32. The van der Waals surface area contributed by atoms with E-state index in [1.54, 1.807) is 49.7 Å². The van der Waals surface area contributed by atoms with Gasteiger partial charge in [-0.25, -0.2) is 13.2 Å². The van der Waals surface area contributed by atoms with Crippen molar-refractivity contribution in [2.45, 2.75) is 26.0 Å². The van der Waals surface area contributed by atoms with Gasteiger partial charge in [0, 0.05) is 19.2 Å². The summed E-state index contributed by atoms with van der Waals surface area (Å²) in [4.78, 5) is 28.7. The molecule has 1 aromatic heterocycles. The van der Waals surface area contributed by atoms with Crippen LogP contribution in [-0.2, 0) is 32.2 Å². The van der Waals surface area contributed by atoms with E-state index in [4.69, 9.17) is 4.74 Å². The van der Waals surface area contributed by atoms with Gasteiger partial charge in [0.2, 0.25) is 5.91 Å². The van der Waals surface area contributed by atoms with Crippen molar-refractivity contribution in [3.63, 3.8) is 0 Å². The number of esters is 1. The number of carbonyl (C=O) groups is 2. The molecule has 0 spiro atoms. The van der Waals surface area contributed by atoms with Gasteiger partial charge in [-0.2, -0.15) is 4.99 Å². The number of rotatable bonds is 7. The lowest BCUT2D eigenvalue weighted by Crippen LogP contribution is -2.17. The van der Waals surface area contributed by atoms with Crippen LogP contribution in [0.1, 0.15) is 34.3 Å². The first-order chi connectivity index (χ1) is 12.7. The molecule has 146 valence electrons. The number of hydrogen-bond acceptors (Lipinski definition) is 6. The summed E-state index contributed by atoms with van der Waals surface area (Å²) in [6, 6.07) is 8.81. The number of ether oxygens (including phenoxy) is 1. The molecule has 1 heterocycles. The largest absolute Gasteiger partial charge is 0.462 e. The average Bonchev–Trinajstić information content (AvgIpc) is 2.89. The van der Waals surface area contributed by atoms with Crippen LogP contribution in [0.5, 0.6) is 0 Å². The molecule has 0 unspecified atom stereocenters. The molecule has 0 bridgehead atoms. The second-order valence-electron chi connectivity index (χ2n) is 5.91. The molecule has 0 aliphatic rings. The van der Waals surface area contributed by atoms with Crippen LogP contribution in [0.25, 0.3) is 0 Å². The van der Waals surface area contributed by atoms with Crippen molar-refractivity contribution in [1.82, 2.24) is 4.57 Å². The van der Waals surface area contributed by atoms with E-state index in [1.807, 2.05) is 6.07 Å². The Kier molecular flexibility index (Phi) is 7.09. The number of aromatic nitrogens is 1. The zero-order valence-corrected chi connectivity index (χ0v) is 17.1. The molecule has 9 heteroatoms. The van der Waals surface area contributed by atoms with Gasteiger partial charge in [0.15, 0.2) is 14.6 Å². The van der Waals surface area contributed by atoms with Crippen LogP contribution in [0.2, 0.25) is 0 Å². The highest BCUT2D eigenvalue weighted by atomic mass is 32.2. The number of benzene rings is 1. The third-order valence-corrected chi connectivity index (χ3v) is 6.66. The lowest BCUT2D eigenvalue weighted by molar-refractivity contribution is -0.117. The molecule has 7 nitrogen and oxygen atoms in total. The molecule has 0 fully saturated rings. The highest BCUT2D eigenvalue weighted by molar-refractivity contribution is 7.90. The summed E-state index contributed by atoms with van der Waals surface area (Å²) in [7, 11) is -1.73. The molecule has 2 aromatic rings. The molecule has 0 saturated heterocycles. The van der Waals surface area contributed by atoms with Crippen molar-refractivity contribution in [3.05, 3.63) is 51.3 Å². The SMILES string of the molecule is CCOC(=O)c1sc(=NC(=O)CCS(=O)(=O)Cc2ccccc2)n(C)c1C. The van der Waals surface area contributed by atoms with Crippen LogP contribution in [0, 0.1) is 6.92 Å². The summed E-state index contributed by atoms with van der Waals surface area (Å²) in [5.74, 6) is -1.39. The van der Waals surface area contributed by atoms with E-state index >= 15 is 0 Å². The van der Waals surface area contributed by atoms with Crippen molar-refractivity contribution in [1.29, 1.82) is 0 Å². The smallest absolute Gasteiger partial charge is 0.350 e. The van der Waals surface area contributed by atoms with E-state index in [-0.39, 0.29) is 24.5 Å². The lowest BCUT2D eigenvalue weighted by Gasteiger charge is -2.03. The minimum absolute atomic E-state index is 0.111. The molecule has 0 atom stereocenters. The molecule has 0 N–H and O–H groups in total. The Bertz CT molecular complexity index is 989. The van der Waals surface area contributed by atoms with Gasteiger partial charge in [-0.05, 0) is 19.4 Å². The molecule has 0 aliphatic carbocycles. The number of carbonyl (C=O) groups excluding carboxylic acids is 2. The Morgan fingerprint density at radius 2 is 1.89 bits per heavy atom. The zero-order valence-electron chi connectivity index (χ0n) is 15.5. The topological polar surface area (TPSA) is 94.8 Å². The van der Waals surface area contributed by atoms with Crippen molar-refractivity contribution in [2.24, 2.45) is 12.0 Å². The van der Waals surface area contributed by atoms with E-state index in [9.17, 15) is 18.0 Å². The Labute approximate surface area is 162 Å². The molecular weight excluding hydrogens is 388 g/mol. The van der Waals surface area contributed by atoms with Gasteiger partial charge < -0.3 is 9.30 Å². The highest BCUT2D eigenvalue weighted by Crippen LogP contribution is 2.12. The fourth-order valence-corrected chi connectivity index (χ4v) is 4.68. The lowest BCUT2D eigenvalue weighted by atomic mass is 10.2. The second kappa shape index (κ2) is 9.09. The minimum Gasteiger partial charge on any atom is -0.462 e. The Morgan fingerprint density at radius 3 is 2.52 bits per heavy atom. The monoisotopic (exact) mass is 410 g/mol. The maximum atomic E-state index is 12.2. The van der Waals surface area contributed by atoms with Crippen LogP contribution in [0.4, 0.5) is 0 Å². The first kappa shape index (κ1) is 21.0. The van der Waals surface area contributed by atoms with E-state index in [0.29, 0.717) is 20.9 Å². The summed E-state index contributed by atoms with van der Waals surface area (Å²) in [6.45, 7) is 3.70. The van der Waals surface area contributed by atoms with Crippen LogP contribution in [0.3, 0.4) is 0 Å². The highest BCUT2D eigenvalue weighted by Gasteiger charge is 2.18. The van der Waals surface area contributed by atoms with Gasteiger partial charge in [0.1, 0.15) is 4.88 Å². The quantitative estimate of drug-likeness (QED) is 0.651. The molecule has 0 aliphatic heterocycles. The molecule has 0 saturated carbocycles. The van der Waals surface area contributed by atoms with Crippen molar-refractivity contribution in [2.75, 3.05) is 12.4 Å². The van der Waals surface area contributed by atoms with E-state index < -0.39 is 21.7 Å². The Morgan fingerprint density at radius 1 is 1.22 bits per heavy atom. The first-order valence-corrected chi connectivity index (χ1v) is 11.0. The van der Waals surface area contributed by atoms with Gasteiger partial charge in [0.05, 0.1) is 18.1 Å². The number of thiazole rings is 1. The maximum Gasteiger partial charge on any atom is 0.350 e. The van der Waals surface area contributed by atoms with Crippen molar-refractivity contribution < 1.29 is 22.7 Å². The van der Waals surface area contributed by atoms with Gasteiger partial charge in [-0.15, -0.1) is 0 Å². The van der Waals surface area contributed by atoms with Gasteiger partial charge in [0.25, 0.3) is 0 Å². The summed E-state index contributed by atoms with van der Waals surface area (Å²) in [6.07, 6.45) is -0.207. The Balaban J connectivity index is 2.08. The number of sulfone groups is 1. The summed E-state index contributed by atoms with van der Waals surface area (Å²) in [5, 5.41) is 0. The van der Waals surface area contributed by atoms with Crippen molar-refractivity contribution >= 4 is 33.1 Å². The summed E-state index contributed by atoms with van der Waals surface area (Å²) < 4.78 is 31.0. The van der Waals surface area contributed by atoms with Gasteiger partial charge >= 0.3 is 5.97 Å². The average molecular weight is 411 g/mol. The van der Waals surface area contributed by atoms with Gasteiger partial charge in [-0.1, -0.05) is 41.7 Å². The van der Waals surface area contributed by atoms with E-state index in [1.165, 1.54) is 0 Å². The number of hydrogen-bond donors (Lipinski definition) is 0. The molecular formula is C18H22N2O5S2. The van der Waals surface area contributed by atoms with Crippen molar-refractivity contribution in [3.8, 4) is 0 Å². The zero-order chi connectivity index (χ0) is 20.0. The fraction of sp³-hybridized carbons (Fsp3) is 0.389. The Hall–Kier alpha value is -2.26. The third kappa shape index (κ3) is 5.86. The molecule has 1 aromatic carbocycles. The summed E-state index contributed by atoms with van der Waals surface area (Å²) >= 11 is 1.05. The normalized spacial score (nSPS) is 12.2. The molecule has 0 radical (unpaired) electrons. The van der Waals surface area contributed by atoms with Crippen LogP contribution in [0.15, 0.2) is 35.3 Å². The predicted molar refractivity (Wildman–Crippen MR) is 103 cm³/mol. The number of amides is 1. The van der Waals surface area contributed by atoms with E-state index in [0.717, 1.165) is 11.3 Å². The first-order valence-electron chi connectivity index (χ1n) is 8.39. The minimum atomic E-state index is -3.41. The molecule has 27 heavy (non-hydrogen) atoms. The van der Waals surface area contributed by atoms with Crippen LogP contribution < -0.4 is 4.80 Å². The third-order valence-electron chi connectivity index (χ3n) is 3.85. The second-order valence-corrected chi connectivity index (χ2v) is 9.07. The predicted octanol–water partition coefficient (Wildman–Crippen LogP) is 2.00. The molecule has 1 amide bonds. The van der Waals surface area contributed by atoms with Crippen LogP contribution >= 0.6 is 11.3 Å². The number of nitrogens with zero attached hydrogens (tertiary/aromatic N) is 2. The standard InChI is InChI=1S/C18H22N2O5S2/c1-4-25-17(22)16-13(2)20(3)18(26-16)19-15(21)10-11-27(23,24)12-14-8-6-5-7-9-14/h5-9H,4,10-12H2,1-3H3. The van der Waals surface area contributed by atoms with Gasteiger partial charge in [-0.3, -0.25) is 4.79 Å². The maximum absolute atomic E-state index is 12.2. The fourth-order valence-electron chi connectivity index (χ4n) is 2.32. The molecule has 2 rings (SSSR count). The van der Waals surface area contributed by atoms with E-state index in [2.05, 4.69) is 4.99 Å². The van der Waals surface area contributed by atoms with Crippen LogP contribution in [-0.4, -0.2) is 37.2 Å².